The number of rotatable bonds is 6. The Hall–Kier alpha value is -2.76. The molecular weight excluding hydrogens is 306 g/mol. The highest BCUT2D eigenvalue weighted by Crippen LogP contribution is 2.32. The molecule has 24 heavy (non-hydrogen) atoms. The van der Waals surface area contributed by atoms with Crippen molar-refractivity contribution in [1.29, 1.82) is 0 Å². The Bertz CT molecular complexity index is 729. The first-order valence-corrected chi connectivity index (χ1v) is 8.09. The molecule has 1 aromatic carbocycles. The molecule has 0 radical (unpaired) electrons. The molecule has 2 heterocycles. The number of benzene rings is 1. The molecule has 3 rings (SSSR count). The number of nitrogens with zero attached hydrogens (tertiary/aromatic N) is 2. The van der Waals surface area contributed by atoms with Gasteiger partial charge in [-0.05, 0) is 43.7 Å². The van der Waals surface area contributed by atoms with Crippen molar-refractivity contribution in [3.8, 4) is 11.5 Å². The standard InChI is InChI=1S/C18H21N3O3/c1-3-21(4-2)14-7-8-19-15(10-14)18(22)20-11-13-5-6-16-17(9-13)24-12-23-16/h5-10H,3-4,11-12H2,1-2H3,(H,20,22). The number of aromatic nitrogens is 1. The Kier molecular flexibility index (Phi) is 4.84. The summed E-state index contributed by atoms with van der Waals surface area (Å²) in [5, 5.41) is 2.89. The highest BCUT2D eigenvalue weighted by molar-refractivity contribution is 5.93. The summed E-state index contributed by atoms with van der Waals surface area (Å²) in [6, 6.07) is 9.38. The third kappa shape index (κ3) is 3.42. The van der Waals surface area contributed by atoms with E-state index in [1.54, 1.807) is 6.20 Å². The van der Waals surface area contributed by atoms with Gasteiger partial charge in [0.2, 0.25) is 6.79 Å². The van der Waals surface area contributed by atoms with E-state index in [2.05, 4.69) is 29.0 Å². The van der Waals surface area contributed by atoms with E-state index >= 15 is 0 Å². The molecule has 0 bridgehead atoms. The minimum Gasteiger partial charge on any atom is -0.454 e. The van der Waals surface area contributed by atoms with E-state index in [9.17, 15) is 4.79 Å². The predicted octanol–water partition coefficient (Wildman–Crippen LogP) is 2.59. The first kappa shape index (κ1) is 16.1. The Morgan fingerprint density at radius 1 is 1.17 bits per heavy atom. The van der Waals surface area contributed by atoms with Gasteiger partial charge in [-0.1, -0.05) is 6.07 Å². The summed E-state index contributed by atoms with van der Waals surface area (Å²) >= 11 is 0. The van der Waals surface area contributed by atoms with Gasteiger partial charge in [-0.2, -0.15) is 0 Å². The molecule has 2 aromatic rings. The summed E-state index contributed by atoms with van der Waals surface area (Å²) in [6.07, 6.45) is 1.67. The maximum Gasteiger partial charge on any atom is 0.270 e. The zero-order chi connectivity index (χ0) is 16.9. The topological polar surface area (TPSA) is 63.7 Å². The van der Waals surface area contributed by atoms with Crippen molar-refractivity contribution in [2.75, 3.05) is 24.8 Å². The molecule has 0 spiro atoms. The minimum atomic E-state index is -0.193. The van der Waals surface area contributed by atoms with Crippen molar-refractivity contribution in [3.63, 3.8) is 0 Å². The molecule has 1 aromatic heterocycles. The number of carbonyl (C=O) groups is 1. The lowest BCUT2D eigenvalue weighted by Gasteiger charge is -2.21. The number of fused-ring (bicyclic) bond motifs is 1. The molecule has 6 heteroatoms. The number of hydrogen-bond acceptors (Lipinski definition) is 5. The fourth-order valence-corrected chi connectivity index (χ4v) is 2.65. The fourth-order valence-electron chi connectivity index (χ4n) is 2.65. The molecule has 126 valence electrons. The van der Waals surface area contributed by atoms with E-state index in [4.69, 9.17) is 9.47 Å². The fraction of sp³-hybridized carbons (Fsp3) is 0.333. The van der Waals surface area contributed by atoms with Crippen molar-refractivity contribution in [2.45, 2.75) is 20.4 Å². The number of nitrogens with one attached hydrogen (secondary N) is 1. The normalized spacial score (nSPS) is 12.1. The summed E-state index contributed by atoms with van der Waals surface area (Å²) < 4.78 is 10.6. The number of amides is 1. The number of pyridine rings is 1. The maximum atomic E-state index is 12.4. The monoisotopic (exact) mass is 327 g/mol. The first-order valence-electron chi connectivity index (χ1n) is 8.09. The van der Waals surface area contributed by atoms with Gasteiger partial charge < -0.3 is 19.7 Å². The van der Waals surface area contributed by atoms with E-state index in [1.165, 1.54) is 0 Å². The molecule has 0 fully saturated rings. The largest absolute Gasteiger partial charge is 0.454 e. The second-order valence-electron chi connectivity index (χ2n) is 5.44. The van der Waals surface area contributed by atoms with Gasteiger partial charge in [0.1, 0.15) is 5.69 Å². The van der Waals surface area contributed by atoms with Crippen molar-refractivity contribution < 1.29 is 14.3 Å². The number of hydrogen-bond donors (Lipinski definition) is 1. The molecule has 6 nitrogen and oxygen atoms in total. The number of anilines is 1. The number of carbonyl (C=O) groups excluding carboxylic acids is 1. The lowest BCUT2D eigenvalue weighted by atomic mass is 10.2. The Morgan fingerprint density at radius 3 is 2.75 bits per heavy atom. The highest BCUT2D eigenvalue weighted by Gasteiger charge is 2.14. The Labute approximate surface area is 141 Å². The summed E-state index contributed by atoms with van der Waals surface area (Å²) in [7, 11) is 0. The van der Waals surface area contributed by atoms with Crippen LogP contribution in [0.3, 0.4) is 0 Å². The highest BCUT2D eigenvalue weighted by atomic mass is 16.7. The second-order valence-corrected chi connectivity index (χ2v) is 5.44. The van der Waals surface area contributed by atoms with Crippen molar-refractivity contribution in [3.05, 3.63) is 47.8 Å². The third-order valence-electron chi connectivity index (χ3n) is 3.99. The summed E-state index contributed by atoms with van der Waals surface area (Å²) in [5.41, 5.74) is 2.37. The van der Waals surface area contributed by atoms with E-state index in [1.807, 2.05) is 30.3 Å². The van der Waals surface area contributed by atoms with Crippen LogP contribution in [0.25, 0.3) is 0 Å². The molecule has 1 N–H and O–H groups in total. The van der Waals surface area contributed by atoms with Crippen LogP contribution < -0.4 is 19.7 Å². The van der Waals surface area contributed by atoms with Crippen LogP contribution in [-0.4, -0.2) is 30.8 Å². The Morgan fingerprint density at radius 2 is 1.96 bits per heavy atom. The molecule has 1 aliphatic heterocycles. The average molecular weight is 327 g/mol. The van der Waals surface area contributed by atoms with Crippen LogP contribution in [-0.2, 0) is 6.54 Å². The van der Waals surface area contributed by atoms with Crippen LogP contribution in [0.5, 0.6) is 11.5 Å². The zero-order valence-electron chi connectivity index (χ0n) is 13.9. The summed E-state index contributed by atoms with van der Waals surface area (Å²) in [5.74, 6) is 1.25. The van der Waals surface area contributed by atoms with Gasteiger partial charge in [0.25, 0.3) is 5.91 Å². The smallest absolute Gasteiger partial charge is 0.270 e. The third-order valence-corrected chi connectivity index (χ3v) is 3.99. The van der Waals surface area contributed by atoms with Gasteiger partial charge in [-0.3, -0.25) is 9.78 Å². The molecular formula is C18H21N3O3. The lowest BCUT2D eigenvalue weighted by Crippen LogP contribution is -2.25. The van der Waals surface area contributed by atoms with E-state index in [0.717, 1.165) is 30.1 Å². The van der Waals surface area contributed by atoms with Crippen LogP contribution in [0.15, 0.2) is 36.5 Å². The maximum absolute atomic E-state index is 12.4. The predicted molar refractivity (Wildman–Crippen MR) is 91.5 cm³/mol. The Balaban J connectivity index is 1.66. The van der Waals surface area contributed by atoms with E-state index < -0.39 is 0 Å². The molecule has 0 aliphatic carbocycles. The lowest BCUT2D eigenvalue weighted by molar-refractivity contribution is 0.0946. The molecule has 0 saturated carbocycles. The van der Waals surface area contributed by atoms with Crippen LogP contribution in [0, 0.1) is 0 Å². The van der Waals surface area contributed by atoms with Crippen molar-refractivity contribution in [1.82, 2.24) is 10.3 Å². The van der Waals surface area contributed by atoms with Gasteiger partial charge >= 0.3 is 0 Å². The van der Waals surface area contributed by atoms with E-state index in [-0.39, 0.29) is 12.7 Å². The van der Waals surface area contributed by atoms with Gasteiger partial charge in [0.15, 0.2) is 11.5 Å². The van der Waals surface area contributed by atoms with Crippen LogP contribution in [0.4, 0.5) is 5.69 Å². The molecule has 1 aliphatic rings. The summed E-state index contributed by atoms with van der Waals surface area (Å²) in [6.45, 7) is 6.60. The SMILES string of the molecule is CCN(CC)c1ccnc(C(=O)NCc2ccc3c(c2)OCO3)c1. The first-order chi connectivity index (χ1) is 11.7. The van der Waals surface area contributed by atoms with Gasteiger partial charge in [-0.15, -0.1) is 0 Å². The molecule has 1 amide bonds. The van der Waals surface area contributed by atoms with Crippen LogP contribution >= 0.6 is 0 Å². The van der Waals surface area contributed by atoms with Crippen LogP contribution in [0.1, 0.15) is 29.9 Å². The summed E-state index contributed by atoms with van der Waals surface area (Å²) in [4.78, 5) is 18.7. The van der Waals surface area contributed by atoms with Crippen molar-refractivity contribution >= 4 is 11.6 Å². The molecule has 0 atom stereocenters. The number of ether oxygens (including phenoxy) is 2. The quantitative estimate of drug-likeness (QED) is 0.883. The molecule has 0 unspecified atom stereocenters. The second kappa shape index (κ2) is 7.21. The van der Waals surface area contributed by atoms with Crippen LogP contribution in [0.2, 0.25) is 0 Å². The van der Waals surface area contributed by atoms with Gasteiger partial charge in [0, 0.05) is 31.5 Å². The van der Waals surface area contributed by atoms with E-state index in [0.29, 0.717) is 18.0 Å². The average Bonchev–Trinajstić information content (AvgIpc) is 3.09. The van der Waals surface area contributed by atoms with Gasteiger partial charge in [-0.25, -0.2) is 0 Å². The van der Waals surface area contributed by atoms with Gasteiger partial charge in [0.05, 0.1) is 0 Å². The van der Waals surface area contributed by atoms with Crippen molar-refractivity contribution in [2.24, 2.45) is 0 Å². The zero-order valence-corrected chi connectivity index (χ0v) is 13.9. The molecule has 0 saturated heterocycles. The minimum absolute atomic E-state index is 0.193.